The standard InChI is InChI=1S/C11H8N2.C6H4O2/c1-2-8-3-4-10-9(5-7-12-10)11(8)13-6-1;7-5-1-2-6(8)4-3-5/h1-7,13H;1-4H. The summed E-state index contributed by atoms with van der Waals surface area (Å²) >= 11 is 0. The number of rotatable bonds is 0. The Balaban J connectivity index is 0.000000143. The van der Waals surface area contributed by atoms with E-state index in [4.69, 9.17) is 0 Å². The molecule has 0 aliphatic heterocycles. The van der Waals surface area contributed by atoms with Gasteiger partial charge in [-0.1, -0.05) is 12.1 Å². The molecule has 0 bridgehead atoms. The average Bonchev–Trinajstić information content (AvgIpc) is 3.00. The van der Waals surface area contributed by atoms with E-state index in [1.807, 2.05) is 30.6 Å². The summed E-state index contributed by atoms with van der Waals surface area (Å²) in [6, 6.07) is 10.3. The van der Waals surface area contributed by atoms with Crippen molar-refractivity contribution in [1.29, 1.82) is 0 Å². The van der Waals surface area contributed by atoms with Gasteiger partial charge >= 0.3 is 0 Å². The van der Waals surface area contributed by atoms with Crippen LogP contribution in [0, 0.1) is 0 Å². The number of H-pyrrole nitrogens is 1. The summed E-state index contributed by atoms with van der Waals surface area (Å²) in [7, 11) is 0. The first-order valence-corrected chi connectivity index (χ1v) is 6.49. The molecule has 1 N–H and O–H groups in total. The molecule has 102 valence electrons. The number of carbonyl (C=O) groups is 2. The van der Waals surface area contributed by atoms with Gasteiger partial charge in [0.2, 0.25) is 0 Å². The van der Waals surface area contributed by atoms with E-state index in [1.54, 1.807) is 0 Å². The van der Waals surface area contributed by atoms with E-state index in [2.05, 4.69) is 22.1 Å². The maximum atomic E-state index is 10.3. The molecule has 1 aliphatic carbocycles. The third-order valence-corrected chi connectivity index (χ3v) is 3.13. The highest BCUT2D eigenvalue weighted by Gasteiger charge is 2.00. The minimum atomic E-state index is -0.121. The van der Waals surface area contributed by atoms with Gasteiger partial charge in [0, 0.05) is 17.8 Å². The lowest BCUT2D eigenvalue weighted by Crippen LogP contribution is -1.97. The molecule has 1 aromatic carbocycles. The average molecular weight is 276 g/mol. The second-order valence-corrected chi connectivity index (χ2v) is 4.55. The summed E-state index contributed by atoms with van der Waals surface area (Å²) in [6.45, 7) is 0. The van der Waals surface area contributed by atoms with E-state index in [9.17, 15) is 9.59 Å². The van der Waals surface area contributed by atoms with E-state index >= 15 is 0 Å². The number of nitrogens with one attached hydrogen (secondary N) is 1. The molecule has 0 saturated heterocycles. The van der Waals surface area contributed by atoms with Crippen LogP contribution in [0.1, 0.15) is 0 Å². The summed E-state index contributed by atoms with van der Waals surface area (Å²) in [5.74, 6) is -0.241. The number of ketones is 2. The molecule has 0 atom stereocenters. The van der Waals surface area contributed by atoms with Gasteiger partial charge in [-0.05, 0) is 47.9 Å². The number of nitrogens with zero attached hydrogens (tertiary/aromatic N) is 1. The largest absolute Gasteiger partial charge is 0.361 e. The molecule has 4 heteroatoms. The van der Waals surface area contributed by atoms with Crippen molar-refractivity contribution in [3.8, 4) is 0 Å². The van der Waals surface area contributed by atoms with Gasteiger partial charge in [0.1, 0.15) is 0 Å². The van der Waals surface area contributed by atoms with Crippen LogP contribution in [-0.2, 0) is 9.59 Å². The number of aromatic nitrogens is 2. The topological polar surface area (TPSA) is 62.8 Å². The molecular formula is C17H12N2O2. The molecule has 2 aromatic heterocycles. The van der Waals surface area contributed by atoms with E-state index < -0.39 is 0 Å². The van der Waals surface area contributed by atoms with Crippen molar-refractivity contribution in [1.82, 2.24) is 9.97 Å². The Kier molecular flexibility index (Phi) is 3.43. The van der Waals surface area contributed by atoms with Crippen molar-refractivity contribution >= 4 is 33.4 Å². The third kappa shape index (κ3) is 2.79. The van der Waals surface area contributed by atoms with Crippen LogP contribution >= 0.6 is 0 Å². The van der Waals surface area contributed by atoms with Crippen molar-refractivity contribution in [2.24, 2.45) is 0 Å². The second kappa shape index (κ2) is 5.54. The van der Waals surface area contributed by atoms with Crippen molar-refractivity contribution < 1.29 is 9.59 Å². The van der Waals surface area contributed by atoms with Gasteiger partial charge in [0.15, 0.2) is 11.6 Å². The minimum Gasteiger partial charge on any atom is -0.361 e. The van der Waals surface area contributed by atoms with E-state index in [0.717, 1.165) is 11.0 Å². The Labute approximate surface area is 120 Å². The molecule has 0 radical (unpaired) electrons. The summed E-state index contributed by atoms with van der Waals surface area (Å²) < 4.78 is 0. The number of fused-ring (bicyclic) bond motifs is 3. The van der Waals surface area contributed by atoms with Crippen molar-refractivity contribution in [3.05, 3.63) is 67.0 Å². The molecule has 0 unspecified atom stereocenters. The highest BCUT2D eigenvalue weighted by atomic mass is 16.1. The van der Waals surface area contributed by atoms with Crippen LogP contribution in [0.15, 0.2) is 67.0 Å². The maximum absolute atomic E-state index is 10.3. The lowest BCUT2D eigenvalue weighted by molar-refractivity contribution is -0.113. The number of aromatic amines is 1. The molecule has 1 aliphatic rings. The van der Waals surface area contributed by atoms with Gasteiger partial charge in [-0.15, -0.1) is 0 Å². The van der Waals surface area contributed by atoms with Gasteiger partial charge in [-0.3, -0.25) is 14.6 Å². The van der Waals surface area contributed by atoms with Crippen LogP contribution in [0.3, 0.4) is 0 Å². The van der Waals surface area contributed by atoms with Gasteiger partial charge in [0.05, 0.1) is 11.0 Å². The van der Waals surface area contributed by atoms with E-state index in [1.165, 1.54) is 35.1 Å². The zero-order chi connectivity index (χ0) is 14.7. The number of pyridine rings is 1. The smallest absolute Gasteiger partial charge is 0.178 e. The first-order chi connectivity index (χ1) is 10.2. The molecule has 0 spiro atoms. The van der Waals surface area contributed by atoms with Crippen LogP contribution < -0.4 is 0 Å². The first kappa shape index (κ1) is 13.0. The Morgan fingerprint density at radius 1 is 0.857 bits per heavy atom. The Morgan fingerprint density at radius 3 is 2.29 bits per heavy atom. The Bertz CT molecular complexity index is 850. The van der Waals surface area contributed by atoms with Crippen molar-refractivity contribution in [3.63, 3.8) is 0 Å². The molecule has 3 aromatic rings. The minimum absolute atomic E-state index is 0.121. The number of allylic oxidation sites excluding steroid dienone is 4. The fourth-order valence-electron chi connectivity index (χ4n) is 2.12. The molecule has 21 heavy (non-hydrogen) atoms. The van der Waals surface area contributed by atoms with E-state index in [-0.39, 0.29) is 11.6 Å². The SMILES string of the molecule is O=C1C=CC(=O)C=C1.c1c[nH]c2c(c1)ccc1nccc12. The number of hydrogen-bond donors (Lipinski definition) is 1. The molecular weight excluding hydrogens is 264 g/mol. The first-order valence-electron chi connectivity index (χ1n) is 6.49. The lowest BCUT2D eigenvalue weighted by Gasteiger charge is -1.97. The van der Waals surface area contributed by atoms with E-state index in [0.29, 0.717) is 0 Å². The van der Waals surface area contributed by atoms with Gasteiger partial charge in [-0.25, -0.2) is 0 Å². The predicted octanol–water partition coefficient (Wildman–Crippen LogP) is 2.97. The monoisotopic (exact) mass is 276 g/mol. The van der Waals surface area contributed by atoms with Crippen LogP contribution in [0.4, 0.5) is 0 Å². The number of benzene rings is 1. The molecule has 0 saturated carbocycles. The van der Waals surface area contributed by atoms with Gasteiger partial charge < -0.3 is 4.98 Å². The van der Waals surface area contributed by atoms with Crippen LogP contribution in [-0.4, -0.2) is 21.5 Å². The van der Waals surface area contributed by atoms with Gasteiger partial charge in [-0.2, -0.15) is 0 Å². The third-order valence-electron chi connectivity index (χ3n) is 3.13. The summed E-state index contributed by atoms with van der Waals surface area (Å²) in [5.41, 5.74) is 2.22. The van der Waals surface area contributed by atoms with Gasteiger partial charge in [0.25, 0.3) is 0 Å². The van der Waals surface area contributed by atoms with Crippen LogP contribution in [0.2, 0.25) is 0 Å². The second-order valence-electron chi connectivity index (χ2n) is 4.55. The molecule has 4 rings (SSSR count). The Morgan fingerprint density at radius 2 is 1.57 bits per heavy atom. The molecule has 0 amide bonds. The summed E-state index contributed by atoms with van der Waals surface area (Å²) in [5, 5.41) is 2.42. The number of carbonyl (C=O) groups excluding carboxylic acids is 2. The Hall–Kier alpha value is -3.01. The number of hydrogen-bond acceptors (Lipinski definition) is 3. The summed E-state index contributed by atoms with van der Waals surface area (Å²) in [4.78, 5) is 28.1. The van der Waals surface area contributed by atoms with Crippen molar-refractivity contribution in [2.45, 2.75) is 0 Å². The highest BCUT2D eigenvalue weighted by molar-refractivity contribution is 6.14. The molecule has 2 heterocycles. The fourth-order valence-corrected chi connectivity index (χ4v) is 2.12. The van der Waals surface area contributed by atoms with Crippen LogP contribution in [0.25, 0.3) is 21.8 Å². The molecule has 4 nitrogen and oxygen atoms in total. The summed E-state index contributed by atoms with van der Waals surface area (Å²) in [6.07, 6.45) is 8.79. The quantitative estimate of drug-likeness (QED) is 0.642. The van der Waals surface area contributed by atoms with Crippen LogP contribution in [0.5, 0.6) is 0 Å². The zero-order valence-electron chi connectivity index (χ0n) is 11.1. The van der Waals surface area contributed by atoms with Crippen molar-refractivity contribution in [2.75, 3.05) is 0 Å². The predicted molar refractivity (Wildman–Crippen MR) is 81.9 cm³/mol. The zero-order valence-corrected chi connectivity index (χ0v) is 11.1. The highest BCUT2D eigenvalue weighted by Crippen LogP contribution is 2.21. The lowest BCUT2D eigenvalue weighted by atomic mass is 10.1. The maximum Gasteiger partial charge on any atom is 0.178 e. The normalized spacial score (nSPS) is 13.5. The fraction of sp³-hybridized carbons (Fsp3) is 0. The molecule has 0 fully saturated rings.